The minimum Gasteiger partial charge on any atom is -0.313 e. The molecule has 0 aliphatic rings. The Morgan fingerprint density at radius 3 is 2.67 bits per heavy atom. The summed E-state index contributed by atoms with van der Waals surface area (Å²) in [5.41, 5.74) is 2.41. The van der Waals surface area contributed by atoms with Crippen LogP contribution in [0, 0.1) is 6.92 Å². The summed E-state index contributed by atoms with van der Waals surface area (Å²) >= 11 is 6.03. The number of nitrogens with one attached hydrogen (secondary N) is 1. The minimum atomic E-state index is 0.317. The summed E-state index contributed by atoms with van der Waals surface area (Å²) in [5, 5.41) is 4.00. The third-order valence-corrected chi connectivity index (χ3v) is 2.40. The van der Waals surface area contributed by atoms with Crippen LogP contribution in [0.3, 0.4) is 0 Å². The van der Waals surface area contributed by atoms with Crippen LogP contribution in [-0.4, -0.2) is 7.05 Å². The van der Waals surface area contributed by atoms with E-state index in [1.54, 1.807) is 0 Å². The van der Waals surface area contributed by atoms with Gasteiger partial charge in [0.1, 0.15) is 0 Å². The van der Waals surface area contributed by atoms with Crippen molar-refractivity contribution < 1.29 is 0 Å². The van der Waals surface area contributed by atoms with E-state index in [-0.39, 0.29) is 0 Å². The van der Waals surface area contributed by atoms with Crippen molar-refractivity contribution in [1.82, 2.24) is 5.32 Å². The van der Waals surface area contributed by atoms with Crippen molar-refractivity contribution in [3.63, 3.8) is 0 Å². The van der Waals surface area contributed by atoms with E-state index in [4.69, 9.17) is 11.6 Å². The van der Waals surface area contributed by atoms with E-state index in [2.05, 4.69) is 25.2 Å². The molecule has 0 aromatic heterocycles. The molecule has 0 amide bonds. The Bertz CT molecular complexity index is 271. The van der Waals surface area contributed by atoms with E-state index < -0.39 is 0 Å². The Balaban J connectivity index is 3.04. The van der Waals surface area contributed by atoms with Crippen LogP contribution in [0.5, 0.6) is 0 Å². The highest BCUT2D eigenvalue weighted by Crippen LogP contribution is 2.23. The Labute approximate surface area is 78.7 Å². The zero-order valence-corrected chi connectivity index (χ0v) is 8.44. The van der Waals surface area contributed by atoms with Gasteiger partial charge in [0.25, 0.3) is 0 Å². The van der Waals surface area contributed by atoms with Gasteiger partial charge in [-0.1, -0.05) is 29.3 Å². The lowest BCUT2D eigenvalue weighted by Crippen LogP contribution is -2.12. The number of benzene rings is 1. The minimum absolute atomic E-state index is 0.317. The molecule has 1 unspecified atom stereocenters. The van der Waals surface area contributed by atoms with Crippen molar-refractivity contribution >= 4 is 11.6 Å². The molecule has 0 radical (unpaired) electrons. The standard InChI is InChI=1S/C10H14ClN/c1-7-4-5-10(11)9(6-7)8(2)12-3/h4-6,8,12H,1-3H3. The summed E-state index contributed by atoms with van der Waals surface area (Å²) in [6.45, 7) is 4.17. The number of hydrogen-bond donors (Lipinski definition) is 1. The molecule has 1 aromatic carbocycles. The van der Waals surface area contributed by atoms with E-state index in [9.17, 15) is 0 Å². The molecule has 0 heterocycles. The molecule has 0 fully saturated rings. The molecule has 0 aliphatic heterocycles. The highest BCUT2D eigenvalue weighted by Gasteiger charge is 2.06. The van der Waals surface area contributed by atoms with Crippen molar-refractivity contribution in [2.45, 2.75) is 19.9 Å². The Morgan fingerprint density at radius 2 is 2.08 bits per heavy atom. The van der Waals surface area contributed by atoms with Crippen LogP contribution in [0.4, 0.5) is 0 Å². The normalized spacial score (nSPS) is 13.0. The van der Waals surface area contributed by atoms with Crippen LogP contribution in [0.2, 0.25) is 5.02 Å². The van der Waals surface area contributed by atoms with Crippen molar-refractivity contribution in [3.8, 4) is 0 Å². The summed E-state index contributed by atoms with van der Waals surface area (Å²) in [5.74, 6) is 0. The lowest BCUT2D eigenvalue weighted by Gasteiger charge is -2.12. The number of aryl methyl sites for hydroxylation is 1. The molecule has 0 bridgehead atoms. The summed E-state index contributed by atoms with van der Waals surface area (Å²) in [7, 11) is 1.93. The van der Waals surface area contributed by atoms with Crippen LogP contribution < -0.4 is 5.32 Å². The van der Waals surface area contributed by atoms with Crippen molar-refractivity contribution in [3.05, 3.63) is 34.3 Å². The monoisotopic (exact) mass is 183 g/mol. The van der Waals surface area contributed by atoms with Crippen LogP contribution >= 0.6 is 11.6 Å². The van der Waals surface area contributed by atoms with E-state index in [1.807, 2.05) is 19.2 Å². The lowest BCUT2D eigenvalue weighted by atomic mass is 10.1. The third kappa shape index (κ3) is 1.99. The highest BCUT2D eigenvalue weighted by molar-refractivity contribution is 6.31. The fraction of sp³-hybridized carbons (Fsp3) is 0.400. The van der Waals surface area contributed by atoms with Gasteiger partial charge in [-0.2, -0.15) is 0 Å². The maximum absolute atomic E-state index is 6.03. The van der Waals surface area contributed by atoms with Gasteiger partial charge in [-0.3, -0.25) is 0 Å². The van der Waals surface area contributed by atoms with Crippen LogP contribution in [-0.2, 0) is 0 Å². The topological polar surface area (TPSA) is 12.0 Å². The molecule has 1 atom stereocenters. The summed E-state index contributed by atoms with van der Waals surface area (Å²) < 4.78 is 0. The molecule has 1 nitrogen and oxygen atoms in total. The highest BCUT2D eigenvalue weighted by atomic mass is 35.5. The van der Waals surface area contributed by atoms with E-state index >= 15 is 0 Å². The van der Waals surface area contributed by atoms with Crippen molar-refractivity contribution in [1.29, 1.82) is 0 Å². The van der Waals surface area contributed by atoms with Gasteiger partial charge in [0.05, 0.1) is 0 Å². The first kappa shape index (κ1) is 9.56. The molecule has 1 aromatic rings. The van der Waals surface area contributed by atoms with Gasteiger partial charge in [0.15, 0.2) is 0 Å². The number of halogens is 1. The van der Waals surface area contributed by atoms with Crippen LogP contribution in [0.1, 0.15) is 24.1 Å². The molecule has 1 N–H and O–H groups in total. The van der Waals surface area contributed by atoms with Crippen molar-refractivity contribution in [2.75, 3.05) is 7.05 Å². The van der Waals surface area contributed by atoms with Crippen LogP contribution in [0.25, 0.3) is 0 Å². The van der Waals surface area contributed by atoms with Gasteiger partial charge in [-0.05, 0) is 32.5 Å². The first-order chi connectivity index (χ1) is 5.65. The largest absolute Gasteiger partial charge is 0.313 e. The van der Waals surface area contributed by atoms with E-state index in [0.717, 1.165) is 5.02 Å². The van der Waals surface area contributed by atoms with E-state index in [0.29, 0.717) is 6.04 Å². The van der Waals surface area contributed by atoms with Gasteiger partial charge in [-0.15, -0.1) is 0 Å². The maximum Gasteiger partial charge on any atom is 0.0453 e. The van der Waals surface area contributed by atoms with Crippen molar-refractivity contribution in [2.24, 2.45) is 0 Å². The Hall–Kier alpha value is -0.530. The van der Waals surface area contributed by atoms with Crippen LogP contribution in [0.15, 0.2) is 18.2 Å². The predicted octanol–water partition coefficient (Wildman–Crippen LogP) is 2.93. The molecular weight excluding hydrogens is 170 g/mol. The molecule has 0 spiro atoms. The molecule has 12 heavy (non-hydrogen) atoms. The average molecular weight is 184 g/mol. The molecule has 66 valence electrons. The second-order valence-electron chi connectivity index (χ2n) is 3.04. The zero-order chi connectivity index (χ0) is 9.14. The molecule has 1 rings (SSSR count). The Kier molecular flexibility index (Phi) is 3.12. The van der Waals surface area contributed by atoms with Gasteiger partial charge >= 0.3 is 0 Å². The first-order valence-electron chi connectivity index (χ1n) is 4.08. The predicted molar refractivity (Wildman–Crippen MR) is 53.7 cm³/mol. The third-order valence-electron chi connectivity index (χ3n) is 2.05. The van der Waals surface area contributed by atoms with E-state index in [1.165, 1.54) is 11.1 Å². The fourth-order valence-electron chi connectivity index (χ4n) is 1.15. The quantitative estimate of drug-likeness (QED) is 0.744. The number of hydrogen-bond acceptors (Lipinski definition) is 1. The zero-order valence-electron chi connectivity index (χ0n) is 7.69. The second-order valence-corrected chi connectivity index (χ2v) is 3.44. The number of rotatable bonds is 2. The lowest BCUT2D eigenvalue weighted by molar-refractivity contribution is 0.652. The molecule has 2 heteroatoms. The van der Waals surface area contributed by atoms with Gasteiger partial charge < -0.3 is 5.32 Å². The summed E-state index contributed by atoms with van der Waals surface area (Å²) in [6.07, 6.45) is 0. The van der Waals surface area contributed by atoms with Gasteiger partial charge in [0.2, 0.25) is 0 Å². The van der Waals surface area contributed by atoms with Gasteiger partial charge in [0, 0.05) is 11.1 Å². The average Bonchev–Trinajstić information content (AvgIpc) is 2.08. The maximum atomic E-state index is 6.03. The SMILES string of the molecule is CNC(C)c1cc(C)ccc1Cl. The molecular formula is C10H14ClN. The molecule has 0 saturated heterocycles. The fourth-order valence-corrected chi connectivity index (χ4v) is 1.43. The second kappa shape index (κ2) is 3.92. The molecule has 0 saturated carbocycles. The van der Waals surface area contributed by atoms with Gasteiger partial charge in [-0.25, -0.2) is 0 Å². The summed E-state index contributed by atoms with van der Waals surface area (Å²) in [6, 6.07) is 6.40. The smallest absolute Gasteiger partial charge is 0.0453 e. The first-order valence-corrected chi connectivity index (χ1v) is 4.46. The molecule has 0 aliphatic carbocycles. The Morgan fingerprint density at radius 1 is 1.42 bits per heavy atom. The summed E-state index contributed by atoms with van der Waals surface area (Å²) in [4.78, 5) is 0.